The minimum absolute atomic E-state index is 0.527. The van der Waals surface area contributed by atoms with Crippen LogP contribution in [0.4, 0.5) is 5.82 Å². The quantitative estimate of drug-likeness (QED) is 0.632. The molecule has 0 aromatic carbocycles. The number of carbonyl (C=O) groups is 1. The van der Waals surface area contributed by atoms with E-state index in [1.54, 1.807) is 18.3 Å². The molecule has 5 heteroatoms. The Morgan fingerprint density at radius 2 is 2.42 bits per heavy atom. The number of aromatic nitrogens is 3. The minimum atomic E-state index is 0.527. The van der Waals surface area contributed by atoms with Gasteiger partial charge < -0.3 is 5.32 Å². The molecule has 0 saturated heterocycles. The van der Waals surface area contributed by atoms with Crippen molar-refractivity contribution in [1.29, 1.82) is 0 Å². The van der Waals surface area contributed by atoms with Gasteiger partial charge >= 0.3 is 0 Å². The summed E-state index contributed by atoms with van der Waals surface area (Å²) in [5.41, 5.74) is 1.59. The summed E-state index contributed by atoms with van der Waals surface area (Å²) < 4.78 is 0. The van der Waals surface area contributed by atoms with Crippen LogP contribution in [0.15, 0.2) is 18.3 Å². The molecular weight excluding hydrogens is 156 g/mol. The van der Waals surface area contributed by atoms with E-state index in [1.807, 2.05) is 0 Å². The fourth-order valence-corrected chi connectivity index (χ4v) is 0.972. The lowest BCUT2D eigenvalue weighted by molar-refractivity contribution is -0.105. The van der Waals surface area contributed by atoms with E-state index in [0.29, 0.717) is 12.2 Å². The van der Waals surface area contributed by atoms with Crippen molar-refractivity contribution < 1.29 is 4.79 Å². The maximum Gasteiger partial charge on any atom is 0.212 e. The summed E-state index contributed by atoms with van der Waals surface area (Å²) in [5.74, 6) is 0.527. The van der Waals surface area contributed by atoms with Crippen LogP contribution >= 0.6 is 0 Å². The summed E-state index contributed by atoms with van der Waals surface area (Å²) in [7, 11) is 0. The Morgan fingerprint density at radius 1 is 1.50 bits per heavy atom. The first-order chi connectivity index (χ1) is 5.90. The largest absolute Gasteiger partial charge is 0.313 e. The van der Waals surface area contributed by atoms with Gasteiger partial charge in [0, 0.05) is 0 Å². The Bertz CT molecular complexity index is 408. The van der Waals surface area contributed by atoms with E-state index in [-0.39, 0.29) is 0 Å². The van der Waals surface area contributed by atoms with E-state index in [1.165, 1.54) is 0 Å². The molecule has 0 unspecified atom stereocenters. The number of hydrogen-bond acceptors (Lipinski definition) is 3. The standard InChI is InChI=1S/C7H6N4O/c12-4-8-7-2-1-5-6(10-7)3-9-11-5/h1-4H,(H,9,11)(H,8,10,12). The van der Waals surface area contributed by atoms with Gasteiger partial charge in [0.05, 0.1) is 11.7 Å². The van der Waals surface area contributed by atoms with Gasteiger partial charge in [-0.25, -0.2) is 4.98 Å². The van der Waals surface area contributed by atoms with Crippen molar-refractivity contribution in [2.24, 2.45) is 0 Å². The third-order valence-electron chi connectivity index (χ3n) is 1.50. The Hall–Kier alpha value is -1.91. The van der Waals surface area contributed by atoms with Crippen LogP contribution < -0.4 is 5.32 Å². The van der Waals surface area contributed by atoms with E-state index < -0.39 is 0 Å². The van der Waals surface area contributed by atoms with Crippen molar-refractivity contribution in [3.05, 3.63) is 18.3 Å². The molecule has 0 aliphatic heterocycles. The lowest BCUT2D eigenvalue weighted by Crippen LogP contribution is -1.95. The zero-order chi connectivity index (χ0) is 8.39. The molecule has 0 bridgehead atoms. The molecule has 60 valence electrons. The van der Waals surface area contributed by atoms with Crippen molar-refractivity contribution >= 4 is 23.3 Å². The molecule has 2 heterocycles. The lowest BCUT2D eigenvalue weighted by atomic mass is 10.4. The normalized spacial score (nSPS) is 10.0. The van der Waals surface area contributed by atoms with Gasteiger partial charge in [0.25, 0.3) is 0 Å². The molecule has 2 rings (SSSR count). The zero-order valence-electron chi connectivity index (χ0n) is 6.11. The number of carbonyl (C=O) groups excluding carboxylic acids is 1. The molecule has 12 heavy (non-hydrogen) atoms. The van der Waals surface area contributed by atoms with Crippen LogP contribution in [-0.2, 0) is 4.79 Å². The van der Waals surface area contributed by atoms with Crippen LogP contribution in [0.3, 0.4) is 0 Å². The zero-order valence-corrected chi connectivity index (χ0v) is 6.11. The molecular formula is C7H6N4O. The average Bonchev–Trinajstić information content (AvgIpc) is 2.51. The molecule has 2 aromatic rings. The van der Waals surface area contributed by atoms with Crippen LogP contribution in [0, 0.1) is 0 Å². The lowest BCUT2D eigenvalue weighted by Gasteiger charge is -1.95. The highest BCUT2D eigenvalue weighted by atomic mass is 16.1. The summed E-state index contributed by atoms with van der Waals surface area (Å²) in [6.45, 7) is 0. The van der Waals surface area contributed by atoms with E-state index in [0.717, 1.165) is 11.0 Å². The highest BCUT2D eigenvalue weighted by Gasteiger charge is 1.97. The second-order valence-corrected chi connectivity index (χ2v) is 2.26. The first kappa shape index (κ1) is 6.78. The highest BCUT2D eigenvalue weighted by molar-refractivity contribution is 5.78. The summed E-state index contributed by atoms with van der Waals surface area (Å²) in [4.78, 5) is 14.2. The maximum absolute atomic E-state index is 10.1. The molecule has 0 radical (unpaired) electrons. The van der Waals surface area contributed by atoms with Crippen LogP contribution in [0.25, 0.3) is 11.0 Å². The third kappa shape index (κ3) is 1.01. The van der Waals surface area contributed by atoms with Gasteiger partial charge in [-0.2, -0.15) is 5.10 Å². The van der Waals surface area contributed by atoms with E-state index in [4.69, 9.17) is 0 Å². The number of anilines is 1. The Balaban J connectivity index is 2.52. The number of aromatic amines is 1. The number of hydrogen-bond donors (Lipinski definition) is 2. The van der Waals surface area contributed by atoms with E-state index >= 15 is 0 Å². The molecule has 0 saturated carbocycles. The van der Waals surface area contributed by atoms with E-state index in [9.17, 15) is 4.79 Å². The summed E-state index contributed by atoms with van der Waals surface area (Å²) in [6, 6.07) is 3.51. The van der Waals surface area contributed by atoms with Gasteiger partial charge in [0.15, 0.2) is 0 Å². The number of pyridine rings is 1. The first-order valence-corrected chi connectivity index (χ1v) is 3.40. The highest BCUT2D eigenvalue weighted by Crippen LogP contribution is 2.10. The molecule has 2 aromatic heterocycles. The molecule has 0 spiro atoms. The number of fused-ring (bicyclic) bond motifs is 1. The Labute approximate surface area is 67.8 Å². The van der Waals surface area contributed by atoms with Crippen molar-refractivity contribution in [2.75, 3.05) is 5.32 Å². The predicted molar refractivity (Wildman–Crippen MR) is 43.6 cm³/mol. The van der Waals surface area contributed by atoms with Gasteiger partial charge in [0.1, 0.15) is 11.3 Å². The molecule has 2 N–H and O–H groups in total. The van der Waals surface area contributed by atoms with Crippen LogP contribution in [0.2, 0.25) is 0 Å². The van der Waals surface area contributed by atoms with Crippen molar-refractivity contribution in [1.82, 2.24) is 15.2 Å². The molecule has 0 aliphatic carbocycles. The van der Waals surface area contributed by atoms with Crippen molar-refractivity contribution in [3.63, 3.8) is 0 Å². The van der Waals surface area contributed by atoms with Gasteiger partial charge in [-0.1, -0.05) is 0 Å². The van der Waals surface area contributed by atoms with E-state index in [2.05, 4.69) is 20.5 Å². The SMILES string of the molecule is O=CNc1ccc2[nH]ncc2n1. The van der Waals surface area contributed by atoms with Gasteiger partial charge in [-0.3, -0.25) is 9.89 Å². The Kier molecular flexibility index (Phi) is 1.48. The predicted octanol–water partition coefficient (Wildman–Crippen LogP) is 0.526. The van der Waals surface area contributed by atoms with Gasteiger partial charge in [-0.15, -0.1) is 0 Å². The number of nitrogens with one attached hydrogen (secondary N) is 2. The monoisotopic (exact) mass is 162 g/mol. The molecule has 0 fully saturated rings. The second kappa shape index (κ2) is 2.61. The first-order valence-electron chi connectivity index (χ1n) is 3.40. The average molecular weight is 162 g/mol. The van der Waals surface area contributed by atoms with Gasteiger partial charge in [0.2, 0.25) is 6.41 Å². The maximum atomic E-state index is 10.1. The molecule has 1 amide bonds. The number of amides is 1. The van der Waals surface area contributed by atoms with Crippen LogP contribution in [-0.4, -0.2) is 21.6 Å². The molecule has 5 nitrogen and oxygen atoms in total. The van der Waals surface area contributed by atoms with Crippen LogP contribution in [0.1, 0.15) is 0 Å². The fraction of sp³-hybridized carbons (Fsp3) is 0. The number of nitrogens with zero attached hydrogens (tertiary/aromatic N) is 2. The minimum Gasteiger partial charge on any atom is -0.313 e. The van der Waals surface area contributed by atoms with Crippen LogP contribution in [0.5, 0.6) is 0 Å². The smallest absolute Gasteiger partial charge is 0.212 e. The second-order valence-electron chi connectivity index (χ2n) is 2.26. The molecule has 0 aliphatic rings. The van der Waals surface area contributed by atoms with Crippen molar-refractivity contribution in [3.8, 4) is 0 Å². The number of H-pyrrole nitrogens is 1. The summed E-state index contributed by atoms with van der Waals surface area (Å²) >= 11 is 0. The van der Waals surface area contributed by atoms with Gasteiger partial charge in [-0.05, 0) is 12.1 Å². The summed E-state index contributed by atoms with van der Waals surface area (Å²) in [6.07, 6.45) is 2.19. The topological polar surface area (TPSA) is 70.7 Å². The third-order valence-corrected chi connectivity index (χ3v) is 1.50. The fourth-order valence-electron chi connectivity index (χ4n) is 0.972. The molecule has 0 atom stereocenters. The summed E-state index contributed by atoms with van der Waals surface area (Å²) in [5, 5.41) is 9.02. The Morgan fingerprint density at radius 3 is 3.25 bits per heavy atom. The van der Waals surface area contributed by atoms with Crippen molar-refractivity contribution in [2.45, 2.75) is 0 Å². The number of rotatable bonds is 2.